The highest BCUT2D eigenvalue weighted by Gasteiger charge is 2.26. The first-order chi connectivity index (χ1) is 8.07. The maximum Gasteiger partial charge on any atom is 0.0565 e. The minimum Gasteiger partial charge on any atom is -0.285 e. The lowest BCUT2D eigenvalue weighted by atomic mass is 9.83. The summed E-state index contributed by atoms with van der Waals surface area (Å²) in [6.45, 7) is 6.81. The van der Waals surface area contributed by atoms with Crippen LogP contribution in [0.1, 0.15) is 65.7 Å². The lowest BCUT2D eigenvalue weighted by molar-refractivity contribution is 0.428. The quantitative estimate of drug-likeness (QED) is 0.571. The Hall–Kier alpha value is -0.590. The molecule has 1 saturated carbocycles. The van der Waals surface area contributed by atoms with Gasteiger partial charge >= 0.3 is 0 Å². The van der Waals surface area contributed by atoms with Crippen LogP contribution in [0.2, 0.25) is 0 Å². The van der Waals surface area contributed by atoms with E-state index in [1.807, 2.05) is 0 Å². The Morgan fingerprint density at radius 2 is 1.65 bits per heavy atom. The topological polar surface area (TPSA) is 12.4 Å². The molecule has 0 N–H and O–H groups in total. The van der Waals surface area contributed by atoms with Crippen LogP contribution < -0.4 is 0 Å². The fourth-order valence-corrected chi connectivity index (χ4v) is 2.94. The summed E-state index contributed by atoms with van der Waals surface area (Å²) in [5, 5.41) is 0. The van der Waals surface area contributed by atoms with Crippen LogP contribution in [0.15, 0.2) is 17.1 Å². The van der Waals surface area contributed by atoms with Crippen molar-refractivity contribution < 1.29 is 0 Å². The average molecular weight is 233 g/mol. The van der Waals surface area contributed by atoms with Crippen molar-refractivity contribution in [2.75, 3.05) is 0 Å². The normalized spacial score (nSPS) is 30.9. The van der Waals surface area contributed by atoms with Gasteiger partial charge in [-0.15, -0.1) is 0 Å². The predicted octanol–water partition coefficient (Wildman–Crippen LogP) is 4.77. The van der Waals surface area contributed by atoms with E-state index in [2.05, 4.69) is 32.9 Å². The fraction of sp³-hybridized carbons (Fsp3) is 0.812. The van der Waals surface area contributed by atoms with Gasteiger partial charge in [-0.3, -0.25) is 4.99 Å². The Balaban J connectivity index is 2.11. The molecule has 1 nitrogen and oxygen atoms in total. The van der Waals surface area contributed by atoms with Gasteiger partial charge in [-0.05, 0) is 24.8 Å². The highest BCUT2D eigenvalue weighted by atomic mass is 14.8. The summed E-state index contributed by atoms with van der Waals surface area (Å²) in [5.74, 6) is 0.721. The lowest BCUT2D eigenvalue weighted by Crippen LogP contribution is -2.28. The number of allylic oxidation sites excluding steroid dienone is 1. The van der Waals surface area contributed by atoms with Crippen LogP contribution in [-0.4, -0.2) is 11.8 Å². The Morgan fingerprint density at radius 1 is 1.00 bits per heavy atom. The van der Waals surface area contributed by atoms with Crippen LogP contribution in [0.3, 0.4) is 0 Å². The summed E-state index contributed by atoms with van der Waals surface area (Å²) in [4.78, 5) is 5.05. The van der Waals surface area contributed by atoms with E-state index in [1.165, 1.54) is 50.7 Å². The smallest absolute Gasteiger partial charge is 0.0565 e. The van der Waals surface area contributed by atoms with Crippen LogP contribution in [0.25, 0.3) is 0 Å². The van der Waals surface area contributed by atoms with Crippen LogP contribution >= 0.6 is 0 Å². The van der Waals surface area contributed by atoms with Gasteiger partial charge in [0, 0.05) is 11.1 Å². The van der Waals surface area contributed by atoms with Crippen LogP contribution in [0, 0.1) is 11.3 Å². The van der Waals surface area contributed by atoms with E-state index in [-0.39, 0.29) is 5.41 Å². The number of rotatable bonds is 0. The van der Waals surface area contributed by atoms with E-state index in [0.29, 0.717) is 6.04 Å². The zero-order valence-corrected chi connectivity index (χ0v) is 11.7. The first-order valence-electron chi connectivity index (χ1n) is 7.34. The first kappa shape index (κ1) is 12.9. The van der Waals surface area contributed by atoms with Crippen LogP contribution in [0.5, 0.6) is 0 Å². The SMILES string of the molecule is CC(C)(C)C1=NC2CCCCCCCC2C=C1. The Morgan fingerprint density at radius 3 is 2.35 bits per heavy atom. The van der Waals surface area contributed by atoms with Crippen LogP contribution in [0.4, 0.5) is 0 Å². The summed E-state index contributed by atoms with van der Waals surface area (Å²) in [7, 11) is 0. The molecule has 0 aromatic heterocycles. The molecule has 1 fully saturated rings. The van der Waals surface area contributed by atoms with Gasteiger partial charge in [0.05, 0.1) is 6.04 Å². The largest absolute Gasteiger partial charge is 0.285 e. The molecule has 0 spiro atoms. The van der Waals surface area contributed by atoms with E-state index in [4.69, 9.17) is 4.99 Å². The zero-order chi connectivity index (χ0) is 12.3. The van der Waals surface area contributed by atoms with Gasteiger partial charge in [-0.2, -0.15) is 0 Å². The summed E-state index contributed by atoms with van der Waals surface area (Å²) in [5.41, 5.74) is 1.51. The molecule has 0 aromatic rings. The highest BCUT2D eigenvalue weighted by Crippen LogP contribution is 2.31. The maximum absolute atomic E-state index is 5.05. The van der Waals surface area contributed by atoms with E-state index in [9.17, 15) is 0 Å². The van der Waals surface area contributed by atoms with Crippen molar-refractivity contribution >= 4 is 5.71 Å². The van der Waals surface area contributed by atoms with Gasteiger partial charge in [-0.1, -0.05) is 59.0 Å². The molecule has 1 heteroatoms. The van der Waals surface area contributed by atoms with Crippen molar-refractivity contribution in [2.45, 2.75) is 71.8 Å². The van der Waals surface area contributed by atoms with Gasteiger partial charge in [-0.25, -0.2) is 0 Å². The minimum absolute atomic E-state index is 0.208. The molecule has 2 atom stereocenters. The zero-order valence-electron chi connectivity index (χ0n) is 11.7. The summed E-state index contributed by atoms with van der Waals surface area (Å²) in [6, 6.07) is 0.576. The second-order valence-electron chi connectivity index (χ2n) is 6.70. The van der Waals surface area contributed by atoms with Crippen molar-refractivity contribution in [3.63, 3.8) is 0 Å². The van der Waals surface area contributed by atoms with Gasteiger partial charge in [0.25, 0.3) is 0 Å². The molecular weight excluding hydrogens is 206 g/mol. The van der Waals surface area contributed by atoms with E-state index >= 15 is 0 Å². The third-order valence-corrected chi connectivity index (χ3v) is 4.11. The predicted molar refractivity (Wildman–Crippen MR) is 75.6 cm³/mol. The van der Waals surface area contributed by atoms with Crippen molar-refractivity contribution in [2.24, 2.45) is 16.3 Å². The lowest BCUT2D eigenvalue weighted by Gasteiger charge is -2.29. The Labute approximate surface area is 106 Å². The summed E-state index contributed by atoms with van der Waals surface area (Å²) >= 11 is 0. The number of fused-ring (bicyclic) bond motifs is 1. The standard InChI is InChI=1S/C16H27N/c1-16(2,3)15-12-11-13-9-7-5-4-6-8-10-14(13)17-15/h11-14H,4-10H2,1-3H3. The molecule has 1 aliphatic carbocycles. The minimum atomic E-state index is 0.208. The molecule has 1 heterocycles. The third-order valence-electron chi connectivity index (χ3n) is 4.11. The molecule has 1 aliphatic heterocycles. The molecule has 17 heavy (non-hydrogen) atoms. The van der Waals surface area contributed by atoms with Crippen LogP contribution in [-0.2, 0) is 0 Å². The van der Waals surface area contributed by atoms with E-state index in [0.717, 1.165) is 5.92 Å². The second kappa shape index (κ2) is 5.37. The molecule has 0 bridgehead atoms. The Kier molecular flexibility index (Phi) is 4.06. The van der Waals surface area contributed by atoms with E-state index in [1.54, 1.807) is 0 Å². The molecule has 2 rings (SSSR count). The van der Waals surface area contributed by atoms with Gasteiger partial charge in [0.15, 0.2) is 0 Å². The molecule has 96 valence electrons. The van der Waals surface area contributed by atoms with Gasteiger partial charge < -0.3 is 0 Å². The number of nitrogens with zero attached hydrogens (tertiary/aromatic N) is 1. The van der Waals surface area contributed by atoms with Crippen molar-refractivity contribution in [1.82, 2.24) is 0 Å². The van der Waals surface area contributed by atoms with E-state index < -0.39 is 0 Å². The number of dihydropyridines is 1. The van der Waals surface area contributed by atoms with Crippen molar-refractivity contribution in [3.05, 3.63) is 12.2 Å². The maximum atomic E-state index is 5.05. The highest BCUT2D eigenvalue weighted by molar-refractivity contribution is 5.99. The third kappa shape index (κ3) is 3.43. The first-order valence-corrected chi connectivity index (χ1v) is 7.34. The fourth-order valence-electron chi connectivity index (χ4n) is 2.94. The summed E-state index contributed by atoms with van der Waals surface area (Å²) < 4.78 is 0. The molecule has 2 unspecified atom stereocenters. The average Bonchev–Trinajstić information content (AvgIpc) is 2.38. The van der Waals surface area contributed by atoms with Gasteiger partial charge in [0.1, 0.15) is 0 Å². The van der Waals surface area contributed by atoms with Crippen molar-refractivity contribution in [3.8, 4) is 0 Å². The molecule has 0 saturated heterocycles. The van der Waals surface area contributed by atoms with Gasteiger partial charge in [0.2, 0.25) is 0 Å². The second-order valence-corrected chi connectivity index (χ2v) is 6.70. The van der Waals surface area contributed by atoms with Crippen molar-refractivity contribution in [1.29, 1.82) is 0 Å². The molecule has 0 radical (unpaired) electrons. The molecule has 2 aliphatic rings. The summed E-state index contributed by atoms with van der Waals surface area (Å²) in [6.07, 6.45) is 14.4. The molecule has 0 aromatic carbocycles. The number of aliphatic imine (C=N–C) groups is 1. The molecule has 0 amide bonds. The number of hydrogen-bond acceptors (Lipinski definition) is 1. The monoisotopic (exact) mass is 233 g/mol. The number of hydrogen-bond donors (Lipinski definition) is 0. The Bertz CT molecular complexity index is 306. The molecular formula is C16H27N.